The van der Waals surface area contributed by atoms with E-state index in [9.17, 15) is 0 Å². The van der Waals surface area contributed by atoms with Crippen LogP contribution in [0.15, 0.2) is 4.99 Å². The van der Waals surface area contributed by atoms with Crippen molar-refractivity contribution < 1.29 is 0 Å². The molecule has 0 saturated heterocycles. The zero-order valence-corrected chi connectivity index (χ0v) is 9.86. The van der Waals surface area contributed by atoms with Crippen LogP contribution in [0.3, 0.4) is 0 Å². The van der Waals surface area contributed by atoms with Crippen molar-refractivity contribution in [2.45, 2.75) is 27.2 Å². The minimum atomic E-state index is 0.946. The quantitative estimate of drug-likeness (QED) is 0.410. The molecule has 3 heteroatoms. The highest BCUT2D eigenvalue weighted by Gasteiger charge is 1.96. The lowest BCUT2D eigenvalue weighted by molar-refractivity contribution is 0.499. The summed E-state index contributed by atoms with van der Waals surface area (Å²) >= 11 is 4.13. The second-order valence-electron chi connectivity index (χ2n) is 2.27. The lowest BCUT2D eigenvalue weighted by Gasteiger charge is -2.16. The lowest BCUT2D eigenvalue weighted by atomic mass is 10.4. The molecule has 2 nitrogen and oxygen atoms in total. The Morgan fingerprint density at radius 1 is 1.42 bits per heavy atom. The van der Waals surface area contributed by atoms with Gasteiger partial charge in [0.1, 0.15) is 0 Å². The predicted octanol–water partition coefficient (Wildman–Crippen LogP) is 2.31. The Kier molecular flexibility index (Phi) is 12.9. The first kappa shape index (κ1) is 14.3. The van der Waals surface area contributed by atoms with Gasteiger partial charge in [-0.15, -0.1) is 0 Å². The van der Waals surface area contributed by atoms with Gasteiger partial charge in [-0.1, -0.05) is 13.8 Å². The molecule has 0 aliphatic heterocycles. The molecule has 0 aromatic carbocycles. The fraction of sp³-hybridized carbons (Fsp3) is 0.889. The number of hydrogen-bond acceptors (Lipinski definition) is 2. The molecule has 0 amide bonds. The zero-order chi connectivity index (χ0) is 9.98. The molecular weight excluding hydrogens is 168 g/mol. The Morgan fingerprint density at radius 2 is 1.92 bits per heavy atom. The molecule has 0 N–H and O–H groups in total. The van der Waals surface area contributed by atoms with Crippen LogP contribution in [0.25, 0.3) is 0 Å². The molecule has 0 bridgehead atoms. The number of hydrogen-bond donors (Lipinski definition) is 1. The maximum absolute atomic E-state index is 4.13. The van der Waals surface area contributed by atoms with E-state index in [2.05, 4.69) is 22.5 Å². The number of thiol groups is 1. The van der Waals surface area contributed by atoms with E-state index in [0.29, 0.717) is 0 Å². The van der Waals surface area contributed by atoms with E-state index in [1.54, 1.807) is 0 Å². The molecule has 0 saturated carbocycles. The summed E-state index contributed by atoms with van der Waals surface area (Å²) in [6.45, 7) is 7.06. The monoisotopic (exact) mass is 190 g/mol. The highest BCUT2D eigenvalue weighted by molar-refractivity contribution is 7.80. The minimum absolute atomic E-state index is 0.946. The Balaban J connectivity index is 0. The average molecular weight is 190 g/mol. The molecule has 74 valence electrons. The largest absolute Gasteiger partial charge is 0.364 e. The van der Waals surface area contributed by atoms with Crippen molar-refractivity contribution in [1.82, 2.24) is 4.90 Å². The maximum Gasteiger partial charge on any atom is 0.0951 e. The smallest absolute Gasteiger partial charge is 0.0951 e. The number of amidine groups is 1. The topological polar surface area (TPSA) is 15.6 Å². The first-order valence-electron chi connectivity index (χ1n) is 4.47. The maximum atomic E-state index is 4.13. The third kappa shape index (κ3) is 7.92. The van der Waals surface area contributed by atoms with Crippen molar-refractivity contribution in [1.29, 1.82) is 0 Å². The van der Waals surface area contributed by atoms with Crippen LogP contribution in [0.4, 0.5) is 0 Å². The van der Waals surface area contributed by atoms with Crippen molar-refractivity contribution >= 4 is 18.5 Å². The van der Waals surface area contributed by atoms with Gasteiger partial charge in [-0.05, 0) is 19.1 Å². The summed E-state index contributed by atoms with van der Waals surface area (Å²) in [5.41, 5.74) is 0. The number of aliphatic imine (C=N–C) groups is 1. The van der Waals surface area contributed by atoms with Crippen LogP contribution in [-0.4, -0.2) is 37.1 Å². The first-order chi connectivity index (χ1) is 5.72. The van der Waals surface area contributed by atoms with Gasteiger partial charge in [-0.2, -0.15) is 12.6 Å². The molecule has 0 rings (SSSR count). The summed E-state index contributed by atoms with van der Waals surface area (Å²) in [5.74, 6) is 2.03. The predicted molar refractivity (Wildman–Crippen MR) is 61.5 cm³/mol. The molecule has 0 aromatic rings. The summed E-state index contributed by atoms with van der Waals surface area (Å²) in [6.07, 6.45) is 1.12. The summed E-state index contributed by atoms with van der Waals surface area (Å²) in [6, 6.07) is 0. The Morgan fingerprint density at radius 3 is 2.25 bits per heavy atom. The van der Waals surface area contributed by atoms with E-state index in [1.165, 1.54) is 0 Å². The summed E-state index contributed by atoms with van der Waals surface area (Å²) in [5, 5.41) is 0. The second kappa shape index (κ2) is 10.8. The van der Waals surface area contributed by atoms with Gasteiger partial charge in [-0.3, -0.25) is 4.99 Å². The summed E-state index contributed by atoms with van der Waals surface area (Å²) < 4.78 is 0. The van der Waals surface area contributed by atoms with Crippen molar-refractivity contribution in [2.24, 2.45) is 4.99 Å². The zero-order valence-electron chi connectivity index (χ0n) is 8.96. The van der Waals surface area contributed by atoms with Gasteiger partial charge in [0.15, 0.2) is 0 Å². The molecule has 12 heavy (non-hydrogen) atoms. The van der Waals surface area contributed by atoms with E-state index < -0.39 is 0 Å². The second-order valence-corrected chi connectivity index (χ2v) is 2.72. The molecule has 0 aliphatic carbocycles. The van der Waals surface area contributed by atoms with Crippen molar-refractivity contribution in [3.05, 3.63) is 0 Å². The Hall–Kier alpha value is -0.180. The fourth-order valence-electron chi connectivity index (χ4n) is 0.640. The molecule has 0 spiro atoms. The van der Waals surface area contributed by atoms with Crippen LogP contribution in [0.5, 0.6) is 0 Å². The van der Waals surface area contributed by atoms with E-state index in [0.717, 1.165) is 24.6 Å². The van der Waals surface area contributed by atoms with E-state index in [4.69, 9.17) is 0 Å². The fourth-order valence-corrected chi connectivity index (χ4v) is 0.782. The Bertz CT molecular complexity index is 113. The molecule has 0 aliphatic rings. The average Bonchev–Trinajstić information content (AvgIpc) is 2.16. The van der Waals surface area contributed by atoms with Crippen LogP contribution in [-0.2, 0) is 0 Å². The third-order valence-electron chi connectivity index (χ3n) is 1.53. The van der Waals surface area contributed by atoms with Gasteiger partial charge in [0.05, 0.1) is 5.84 Å². The molecule has 0 heterocycles. The van der Waals surface area contributed by atoms with Gasteiger partial charge in [-0.25, -0.2) is 0 Å². The normalized spacial score (nSPS) is 10.3. The van der Waals surface area contributed by atoms with Crippen LogP contribution in [0.1, 0.15) is 27.2 Å². The number of nitrogens with zero attached hydrogens (tertiary/aromatic N) is 2. The summed E-state index contributed by atoms with van der Waals surface area (Å²) in [7, 11) is 3.86. The van der Waals surface area contributed by atoms with E-state index in [1.807, 2.05) is 34.9 Å². The minimum Gasteiger partial charge on any atom is -0.364 e. The molecule has 0 unspecified atom stereocenters. The van der Waals surface area contributed by atoms with Crippen molar-refractivity contribution in [3.8, 4) is 0 Å². The number of rotatable bonds is 3. The molecular formula is C9H22N2S. The highest BCUT2D eigenvalue weighted by Crippen LogP contribution is 1.91. The molecule has 0 fully saturated rings. The van der Waals surface area contributed by atoms with Gasteiger partial charge < -0.3 is 4.90 Å². The first-order valence-corrected chi connectivity index (χ1v) is 5.11. The van der Waals surface area contributed by atoms with Crippen LogP contribution in [0.2, 0.25) is 0 Å². The third-order valence-corrected chi connectivity index (χ3v) is 1.84. The van der Waals surface area contributed by atoms with Crippen molar-refractivity contribution in [2.75, 3.05) is 26.4 Å². The highest BCUT2D eigenvalue weighted by atomic mass is 32.1. The standard InChI is InChI=1S/C7H16N2S.C2H6/c1-7(8-2)9(3)5-4-6-10;1-2/h10H,4-6H2,1-3H3;1-2H3. The molecule has 0 atom stereocenters. The van der Waals surface area contributed by atoms with E-state index in [-0.39, 0.29) is 0 Å². The lowest BCUT2D eigenvalue weighted by Crippen LogP contribution is -2.25. The summed E-state index contributed by atoms with van der Waals surface area (Å²) in [4.78, 5) is 6.19. The van der Waals surface area contributed by atoms with Gasteiger partial charge in [0, 0.05) is 20.6 Å². The van der Waals surface area contributed by atoms with Gasteiger partial charge >= 0.3 is 0 Å². The van der Waals surface area contributed by atoms with Crippen LogP contribution >= 0.6 is 12.6 Å². The van der Waals surface area contributed by atoms with Crippen molar-refractivity contribution in [3.63, 3.8) is 0 Å². The van der Waals surface area contributed by atoms with Gasteiger partial charge in [0.25, 0.3) is 0 Å². The molecule has 0 radical (unpaired) electrons. The van der Waals surface area contributed by atoms with Crippen LogP contribution < -0.4 is 0 Å². The molecule has 0 aromatic heterocycles. The van der Waals surface area contributed by atoms with Gasteiger partial charge in [0.2, 0.25) is 0 Å². The SMILES string of the molecule is CC.CN=C(C)N(C)CCCS. The Labute approximate surface area is 82.5 Å². The van der Waals surface area contributed by atoms with Crippen LogP contribution in [0, 0.1) is 0 Å². The van der Waals surface area contributed by atoms with E-state index >= 15 is 0 Å².